The van der Waals surface area contributed by atoms with Gasteiger partial charge in [-0.05, 0) is 19.3 Å². The third-order valence-electron chi connectivity index (χ3n) is 4.26. The highest BCUT2D eigenvalue weighted by atomic mass is 16.4. The van der Waals surface area contributed by atoms with Crippen LogP contribution in [0, 0.1) is 5.92 Å². The van der Waals surface area contributed by atoms with Gasteiger partial charge in [0.15, 0.2) is 0 Å². The molecular formula is C12H17N3O2. The Morgan fingerprint density at radius 3 is 3.00 bits per heavy atom. The number of imidazole rings is 1. The first kappa shape index (κ1) is 10.8. The van der Waals surface area contributed by atoms with Crippen molar-refractivity contribution in [3.8, 4) is 0 Å². The van der Waals surface area contributed by atoms with Crippen LogP contribution >= 0.6 is 0 Å². The van der Waals surface area contributed by atoms with E-state index in [0.717, 1.165) is 31.5 Å². The number of fused-ring (bicyclic) bond motifs is 2. The highest BCUT2D eigenvalue weighted by Gasteiger charge is 2.49. The molecule has 1 N–H and O–H groups in total. The van der Waals surface area contributed by atoms with Crippen LogP contribution in [0.25, 0.3) is 0 Å². The van der Waals surface area contributed by atoms with E-state index < -0.39 is 5.97 Å². The van der Waals surface area contributed by atoms with E-state index in [0.29, 0.717) is 6.04 Å². The molecule has 0 aromatic carbocycles. The first-order valence-electron chi connectivity index (χ1n) is 6.10. The van der Waals surface area contributed by atoms with Crippen molar-refractivity contribution in [2.45, 2.75) is 37.9 Å². The van der Waals surface area contributed by atoms with Gasteiger partial charge in [-0.25, -0.2) is 4.98 Å². The Morgan fingerprint density at radius 1 is 1.59 bits per heavy atom. The Morgan fingerprint density at radius 2 is 2.41 bits per heavy atom. The largest absolute Gasteiger partial charge is 0.481 e. The van der Waals surface area contributed by atoms with Crippen molar-refractivity contribution >= 4 is 5.97 Å². The Labute approximate surface area is 100 Å². The molecule has 2 aliphatic heterocycles. The third kappa shape index (κ3) is 1.65. The molecule has 1 aromatic rings. The summed E-state index contributed by atoms with van der Waals surface area (Å²) in [6.45, 7) is 0.829. The van der Waals surface area contributed by atoms with Gasteiger partial charge in [0.25, 0.3) is 0 Å². The summed E-state index contributed by atoms with van der Waals surface area (Å²) in [4.78, 5) is 17.6. The number of aliphatic carboxylic acids is 1. The van der Waals surface area contributed by atoms with Crippen molar-refractivity contribution in [1.29, 1.82) is 0 Å². The van der Waals surface area contributed by atoms with Gasteiger partial charge >= 0.3 is 5.97 Å². The molecule has 2 saturated heterocycles. The zero-order valence-corrected chi connectivity index (χ0v) is 9.91. The average Bonchev–Trinajstić information content (AvgIpc) is 2.96. The molecule has 3 heterocycles. The van der Waals surface area contributed by atoms with Gasteiger partial charge in [-0.15, -0.1) is 0 Å². The summed E-state index contributed by atoms with van der Waals surface area (Å²) in [5.41, 5.74) is 1.16. The van der Waals surface area contributed by atoms with Crippen molar-refractivity contribution in [2.75, 3.05) is 0 Å². The molecule has 0 saturated carbocycles. The number of aromatic nitrogens is 2. The molecule has 0 amide bonds. The molecule has 2 aliphatic rings. The molecule has 92 valence electrons. The Hall–Kier alpha value is -1.36. The van der Waals surface area contributed by atoms with Gasteiger partial charge in [0.05, 0.1) is 17.9 Å². The molecule has 5 nitrogen and oxygen atoms in total. The van der Waals surface area contributed by atoms with Crippen molar-refractivity contribution in [2.24, 2.45) is 13.0 Å². The first-order chi connectivity index (χ1) is 8.16. The Kier molecular flexibility index (Phi) is 2.43. The second-order valence-corrected chi connectivity index (χ2v) is 5.15. The predicted octanol–water partition coefficient (Wildman–Crippen LogP) is 0.858. The summed E-state index contributed by atoms with van der Waals surface area (Å²) >= 11 is 0. The molecule has 0 aliphatic carbocycles. The molecule has 3 atom stereocenters. The van der Waals surface area contributed by atoms with E-state index in [9.17, 15) is 9.90 Å². The van der Waals surface area contributed by atoms with Gasteiger partial charge in [0.2, 0.25) is 0 Å². The minimum absolute atomic E-state index is 0.165. The molecule has 2 fully saturated rings. The molecule has 0 spiro atoms. The zero-order chi connectivity index (χ0) is 12.0. The molecule has 3 unspecified atom stereocenters. The molecule has 0 radical (unpaired) electrons. The van der Waals surface area contributed by atoms with Crippen LogP contribution in [0.1, 0.15) is 25.0 Å². The van der Waals surface area contributed by atoms with E-state index in [1.807, 2.05) is 17.8 Å². The Bertz CT molecular complexity index is 443. The quantitative estimate of drug-likeness (QED) is 0.844. The predicted molar refractivity (Wildman–Crippen MR) is 61.3 cm³/mol. The summed E-state index contributed by atoms with van der Waals surface area (Å²) < 4.78 is 2.01. The van der Waals surface area contributed by atoms with Crippen LogP contribution in [0.5, 0.6) is 0 Å². The van der Waals surface area contributed by atoms with Crippen LogP contribution in [0.2, 0.25) is 0 Å². The fourth-order valence-electron chi connectivity index (χ4n) is 3.34. The maximum Gasteiger partial charge on any atom is 0.308 e. The second kappa shape index (κ2) is 3.84. The smallest absolute Gasteiger partial charge is 0.308 e. The van der Waals surface area contributed by atoms with Crippen LogP contribution < -0.4 is 0 Å². The lowest BCUT2D eigenvalue weighted by Gasteiger charge is -2.22. The van der Waals surface area contributed by atoms with Crippen LogP contribution in [0.15, 0.2) is 12.5 Å². The summed E-state index contributed by atoms with van der Waals surface area (Å²) in [6, 6.07) is 0.684. The zero-order valence-electron chi connectivity index (χ0n) is 9.91. The summed E-state index contributed by atoms with van der Waals surface area (Å²) in [7, 11) is 1.98. The maximum atomic E-state index is 11.2. The number of carboxylic acid groups (broad SMARTS) is 1. The van der Waals surface area contributed by atoms with Gasteiger partial charge in [0, 0.05) is 31.9 Å². The number of aryl methyl sites for hydroxylation is 1. The van der Waals surface area contributed by atoms with E-state index in [1.54, 1.807) is 6.33 Å². The molecule has 1 aromatic heterocycles. The van der Waals surface area contributed by atoms with Gasteiger partial charge in [0.1, 0.15) is 0 Å². The average molecular weight is 235 g/mol. The first-order valence-corrected chi connectivity index (χ1v) is 6.10. The fourth-order valence-corrected chi connectivity index (χ4v) is 3.34. The topological polar surface area (TPSA) is 58.4 Å². The normalized spacial score (nSPS) is 32.2. The number of nitrogens with zero attached hydrogens (tertiary/aromatic N) is 3. The SMILES string of the molecule is Cn1cncc1CN1C2CCC1C(C(=O)O)C2. The van der Waals surface area contributed by atoms with Crippen LogP contribution in [0.3, 0.4) is 0 Å². The van der Waals surface area contributed by atoms with Gasteiger partial charge in [-0.1, -0.05) is 0 Å². The summed E-state index contributed by atoms with van der Waals surface area (Å²) in [5, 5.41) is 9.19. The third-order valence-corrected chi connectivity index (χ3v) is 4.26. The van der Waals surface area contributed by atoms with Crippen LogP contribution in [-0.2, 0) is 18.4 Å². The summed E-state index contributed by atoms with van der Waals surface area (Å²) in [5.74, 6) is -0.797. The van der Waals surface area contributed by atoms with E-state index in [-0.39, 0.29) is 12.0 Å². The molecule has 3 rings (SSSR count). The standard InChI is InChI=1S/C12H17N3O2/c1-14-7-13-5-9(14)6-15-8-2-3-11(15)10(4-8)12(16)17/h5,7-8,10-11H,2-4,6H2,1H3,(H,16,17). The molecule has 17 heavy (non-hydrogen) atoms. The van der Waals surface area contributed by atoms with Crippen molar-refractivity contribution in [3.63, 3.8) is 0 Å². The number of carboxylic acids is 1. The lowest BCUT2D eigenvalue weighted by Crippen LogP contribution is -2.33. The van der Waals surface area contributed by atoms with Gasteiger partial charge < -0.3 is 9.67 Å². The summed E-state index contributed by atoms with van der Waals surface area (Å²) in [6.07, 6.45) is 6.65. The van der Waals surface area contributed by atoms with Crippen LogP contribution in [-0.4, -0.2) is 37.6 Å². The number of hydrogen-bond donors (Lipinski definition) is 1. The molecular weight excluding hydrogens is 218 g/mol. The van der Waals surface area contributed by atoms with Crippen molar-refractivity contribution in [1.82, 2.24) is 14.5 Å². The number of hydrogen-bond acceptors (Lipinski definition) is 3. The van der Waals surface area contributed by atoms with E-state index >= 15 is 0 Å². The van der Waals surface area contributed by atoms with E-state index in [2.05, 4.69) is 9.88 Å². The lowest BCUT2D eigenvalue weighted by molar-refractivity contribution is -0.142. The van der Waals surface area contributed by atoms with Crippen molar-refractivity contribution < 1.29 is 9.90 Å². The monoisotopic (exact) mass is 235 g/mol. The van der Waals surface area contributed by atoms with E-state index in [4.69, 9.17) is 0 Å². The van der Waals surface area contributed by atoms with Crippen molar-refractivity contribution in [3.05, 3.63) is 18.2 Å². The molecule has 2 bridgehead atoms. The number of rotatable bonds is 3. The molecule has 5 heteroatoms. The number of carbonyl (C=O) groups is 1. The van der Waals surface area contributed by atoms with Gasteiger partial charge in [-0.3, -0.25) is 9.69 Å². The second-order valence-electron chi connectivity index (χ2n) is 5.15. The van der Waals surface area contributed by atoms with E-state index in [1.165, 1.54) is 0 Å². The highest BCUT2D eigenvalue weighted by Crippen LogP contribution is 2.42. The van der Waals surface area contributed by atoms with Crippen LogP contribution in [0.4, 0.5) is 0 Å². The highest BCUT2D eigenvalue weighted by molar-refractivity contribution is 5.71. The maximum absolute atomic E-state index is 11.2. The van der Waals surface area contributed by atoms with Gasteiger partial charge in [-0.2, -0.15) is 0 Å². The Balaban J connectivity index is 1.77. The lowest BCUT2D eigenvalue weighted by atomic mass is 9.89. The minimum atomic E-state index is -0.632. The minimum Gasteiger partial charge on any atom is -0.481 e. The fraction of sp³-hybridized carbons (Fsp3) is 0.667.